The Bertz CT molecular complexity index is 420. The summed E-state index contributed by atoms with van der Waals surface area (Å²) in [7, 11) is 1.01. The van der Waals surface area contributed by atoms with Gasteiger partial charge >= 0.3 is 5.97 Å². The largest absolute Gasteiger partial charge is 0.463 e. The fraction of sp³-hybridized carbons (Fsp3) is 0.200. The van der Waals surface area contributed by atoms with Crippen molar-refractivity contribution in [3.05, 3.63) is 35.1 Å². The van der Waals surface area contributed by atoms with Crippen molar-refractivity contribution in [1.82, 2.24) is 0 Å². The average molecular weight is 232 g/mol. The van der Waals surface area contributed by atoms with E-state index in [1.807, 2.05) is 0 Å². The van der Waals surface area contributed by atoms with Gasteiger partial charge in [0.25, 0.3) is 0 Å². The molecule has 0 saturated carbocycles. The maximum absolute atomic E-state index is 12.7. The van der Waals surface area contributed by atoms with Gasteiger partial charge in [0.15, 0.2) is 17.5 Å². The van der Waals surface area contributed by atoms with Gasteiger partial charge in [-0.3, -0.25) is 4.79 Å². The lowest BCUT2D eigenvalue weighted by Crippen LogP contribution is -2.18. The molecule has 0 heterocycles. The number of Topliss-reactive ketones (excluding diaryl/α,β-unsaturated/α-hetero) is 1. The van der Waals surface area contributed by atoms with Crippen LogP contribution in [0, 0.1) is 17.5 Å². The highest BCUT2D eigenvalue weighted by molar-refractivity contribution is 6.34. The fourth-order valence-corrected chi connectivity index (χ4v) is 1.08. The van der Waals surface area contributed by atoms with E-state index in [2.05, 4.69) is 4.74 Å². The number of ether oxygens (including phenoxy) is 1. The van der Waals surface area contributed by atoms with Gasteiger partial charge in [-0.2, -0.15) is 0 Å². The summed E-state index contributed by atoms with van der Waals surface area (Å²) in [6.45, 7) is 0. The van der Waals surface area contributed by atoms with Crippen molar-refractivity contribution in [3.63, 3.8) is 0 Å². The molecule has 0 aliphatic rings. The maximum Gasteiger partial charge on any atom is 0.374 e. The number of rotatable bonds is 3. The number of carbonyl (C=O) groups is 2. The normalized spacial score (nSPS) is 10.0. The van der Waals surface area contributed by atoms with Crippen LogP contribution < -0.4 is 0 Å². The van der Waals surface area contributed by atoms with Crippen LogP contribution in [0.2, 0.25) is 0 Å². The Hall–Kier alpha value is -1.85. The van der Waals surface area contributed by atoms with Crippen LogP contribution in [-0.4, -0.2) is 18.9 Å². The molecule has 0 aliphatic carbocycles. The number of hydrogen-bond acceptors (Lipinski definition) is 3. The summed E-state index contributed by atoms with van der Waals surface area (Å²) in [6.07, 6.45) is -0.541. The van der Waals surface area contributed by atoms with E-state index in [0.717, 1.165) is 7.11 Å². The van der Waals surface area contributed by atoms with Crippen LogP contribution >= 0.6 is 0 Å². The van der Waals surface area contributed by atoms with Crippen molar-refractivity contribution in [2.24, 2.45) is 0 Å². The molecule has 6 heteroatoms. The first kappa shape index (κ1) is 12.2. The van der Waals surface area contributed by atoms with E-state index in [1.54, 1.807) is 0 Å². The van der Waals surface area contributed by atoms with Gasteiger partial charge in [0.05, 0.1) is 7.11 Å². The molecule has 16 heavy (non-hydrogen) atoms. The molecular formula is C10H7F3O3. The van der Waals surface area contributed by atoms with Gasteiger partial charge in [-0.15, -0.1) is 0 Å². The van der Waals surface area contributed by atoms with E-state index in [1.165, 1.54) is 0 Å². The highest BCUT2D eigenvalue weighted by Gasteiger charge is 2.17. The predicted octanol–water partition coefficient (Wildman–Crippen LogP) is 1.39. The lowest BCUT2D eigenvalue weighted by molar-refractivity contribution is -0.151. The molecule has 0 atom stereocenters. The van der Waals surface area contributed by atoms with Crippen LogP contribution in [0.4, 0.5) is 13.2 Å². The number of benzene rings is 1. The molecule has 0 aromatic heterocycles. The molecule has 0 spiro atoms. The average Bonchev–Trinajstić information content (AvgIpc) is 2.24. The molecule has 0 radical (unpaired) electrons. The third-order valence-electron chi connectivity index (χ3n) is 1.82. The van der Waals surface area contributed by atoms with E-state index in [0.29, 0.717) is 12.1 Å². The van der Waals surface area contributed by atoms with Crippen molar-refractivity contribution in [1.29, 1.82) is 0 Å². The van der Waals surface area contributed by atoms with E-state index in [-0.39, 0.29) is 5.56 Å². The van der Waals surface area contributed by atoms with Gasteiger partial charge in [0.1, 0.15) is 0 Å². The van der Waals surface area contributed by atoms with Crippen molar-refractivity contribution >= 4 is 11.8 Å². The number of halogens is 3. The van der Waals surface area contributed by atoms with Gasteiger partial charge in [-0.25, -0.2) is 18.0 Å². The molecule has 1 aromatic rings. The van der Waals surface area contributed by atoms with E-state index >= 15 is 0 Å². The molecule has 0 fully saturated rings. The summed E-state index contributed by atoms with van der Waals surface area (Å²) in [5.74, 6) is -6.52. The van der Waals surface area contributed by atoms with E-state index in [4.69, 9.17) is 0 Å². The first-order valence-electron chi connectivity index (χ1n) is 4.20. The predicted molar refractivity (Wildman–Crippen MR) is 47.0 cm³/mol. The summed E-state index contributed by atoms with van der Waals surface area (Å²) in [5.41, 5.74) is -0.133. The zero-order valence-electron chi connectivity index (χ0n) is 8.22. The number of hydrogen-bond donors (Lipinski definition) is 0. The Morgan fingerprint density at radius 3 is 2.12 bits per heavy atom. The minimum absolute atomic E-state index is 0.133. The second-order valence-electron chi connectivity index (χ2n) is 2.96. The third-order valence-corrected chi connectivity index (χ3v) is 1.82. The summed E-state index contributed by atoms with van der Waals surface area (Å²) in [5, 5.41) is 0. The molecule has 1 aromatic carbocycles. The number of ketones is 1. The first-order chi connectivity index (χ1) is 7.45. The molecular weight excluding hydrogens is 225 g/mol. The van der Waals surface area contributed by atoms with Gasteiger partial charge in [0, 0.05) is 6.42 Å². The minimum atomic E-state index is -1.62. The van der Waals surface area contributed by atoms with Crippen LogP contribution in [0.1, 0.15) is 5.56 Å². The number of carbonyl (C=O) groups excluding carboxylic acids is 2. The molecule has 86 valence electrons. The SMILES string of the molecule is COC(=O)C(=O)Cc1cc(F)c(F)c(F)c1. The van der Waals surface area contributed by atoms with Crippen molar-refractivity contribution in [2.45, 2.75) is 6.42 Å². The summed E-state index contributed by atoms with van der Waals surface area (Å²) >= 11 is 0. The molecule has 1 rings (SSSR count). The first-order valence-corrected chi connectivity index (χ1v) is 4.20. The topological polar surface area (TPSA) is 43.4 Å². The smallest absolute Gasteiger partial charge is 0.374 e. The van der Waals surface area contributed by atoms with Crippen LogP contribution in [0.25, 0.3) is 0 Å². The highest BCUT2D eigenvalue weighted by Crippen LogP contribution is 2.14. The molecule has 0 unspecified atom stereocenters. The quantitative estimate of drug-likeness (QED) is 0.449. The summed E-state index contributed by atoms with van der Waals surface area (Å²) < 4.78 is 42.1. The summed E-state index contributed by atoms with van der Waals surface area (Å²) in [6, 6.07) is 1.30. The zero-order valence-corrected chi connectivity index (χ0v) is 8.22. The van der Waals surface area contributed by atoms with Gasteiger partial charge in [-0.05, 0) is 17.7 Å². The van der Waals surface area contributed by atoms with E-state index in [9.17, 15) is 22.8 Å². The monoisotopic (exact) mass is 232 g/mol. The van der Waals surface area contributed by atoms with Gasteiger partial charge < -0.3 is 4.74 Å². The molecule has 0 N–H and O–H groups in total. The third kappa shape index (κ3) is 2.59. The molecule has 3 nitrogen and oxygen atoms in total. The molecule has 0 saturated heterocycles. The maximum atomic E-state index is 12.7. The van der Waals surface area contributed by atoms with Crippen LogP contribution in [-0.2, 0) is 20.7 Å². The minimum Gasteiger partial charge on any atom is -0.463 e. The zero-order chi connectivity index (χ0) is 12.3. The summed E-state index contributed by atoms with van der Waals surface area (Å²) in [4.78, 5) is 21.8. The van der Waals surface area contributed by atoms with Crippen molar-refractivity contribution < 1.29 is 27.5 Å². The lowest BCUT2D eigenvalue weighted by Gasteiger charge is -2.01. The standard InChI is InChI=1S/C10H7F3O3/c1-16-10(15)8(14)4-5-2-6(11)9(13)7(12)3-5/h2-3H,4H2,1H3. The van der Waals surface area contributed by atoms with Crippen LogP contribution in [0.5, 0.6) is 0 Å². The molecule has 0 amide bonds. The second kappa shape index (κ2) is 4.78. The molecule has 0 bridgehead atoms. The molecule has 0 aliphatic heterocycles. The Balaban J connectivity index is 2.91. The van der Waals surface area contributed by atoms with E-state index < -0.39 is 35.6 Å². The lowest BCUT2D eigenvalue weighted by atomic mass is 10.1. The second-order valence-corrected chi connectivity index (χ2v) is 2.96. The number of methoxy groups -OCH3 is 1. The highest BCUT2D eigenvalue weighted by atomic mass is 19.2. The van der Waals surface area contributed by atoms with Gasteiger partial charge in [0.2, 0.25) is 5.78 Å². The van der Waals surface area contributed by atoms with Crippen molar-refractivity contribution in [2.75, 3.05) is 7.11 Å². The number of esters is 1. The fourth-order valence-electron chi connectivity index (χ4n) is 1.08. The Morgan fingerprint density at radius 1 is 1.19 bits per heavy atom. The van der Waals surface area contributed by atoms with Gasteiger partial charge in [-0.1, -0.05) is 0 Å². The van der Waals surface area contributed by atoms with Crippen molar-refractivity contribution in [3.8, 4) is 0 Å². The van der Waals surface area contributed by atoms with Crippen LogP contribution in [0.15, 0.2) is 12.1 Å². The Morgan fingerprint density at radius 2 is 1.69 bits per heavy atom. The Labute approximate surface area is 88.8 Å². The van der Waals surface area contributed by atoms with Crippen LogP contribution in [0.3, 0.4) is 0 Å². The Kier molecular flexibility index (Phi) is 3.65.